The zero-order valence-electron chi connectivity index (χ0n) is 5.48. The van der Waals surface area contributed by atoms with E-state index in [0.29, 0.717) is 3.84 Å². The molecule has 0 bridgehead atoms. The summed E-state index contributed by atoms with van der Waals surface area (Å²) in [5.74, 6) is 4.92. The highest BCUT2D eigenvalue weighted by molar-refractivity contribution is 14.1. The normalized spacial score (nSPS) is 14.2. The first-order chi connectivity index (χ1) is 5.31. The molecule has 0 aromatic carbocycles. The number of nitrogens with two attached hydrogens (primary N) is 1. The maximum Gasteiger partial charge on any atom is 0.209 e. The Kier molecular flexibility index (Phi) is 8.12. The first-order valence-electron chi connectivity index (χ1n) is 2.55. The molecule has 60 valence electrons. The van der Waals surface area contributed by atoms with Crippen LogP contribution in [0.1, 0.15) is 0 Å². The summed E-state index contributed by atoms with van der Waals surface area (Å²) in [7, 11) is 0. The number of amidine groups is 1. The minimum absolute atomic E-state index is 0.493. The molecule has 0 aliphatic carbocycles. The number of hydrazone groups is 1. The van der Waals surface area contributed by atoms with Gasteiger partial charge < -0.3 is 5.84 Å². The molecule has 0 heterocycles. The van der Waals surface area contributed by atoms with E-state index in [2.05, 4.69) is 37.7 Å². The van der Waals surface area contributed by atoms with Crippen LogP contribution in [0, 0.1) is 0 Å². The summed E-state index contributed by atoms with van der Waals surface area (Å²) in [5.41, 5.74) is 0. The lowest BCUT2D eigenvalue weighted by atomic mass is 10.8. The predicted molar refractivity (Wildman–Crippen MR) is 65.8 cm³/mol. The maximum atomic E-state index is 4.92. The molecule has 0 radical (unpaired) electrons. The highest BCUT2D eigenvalue weighted by Gasteiger charge is 1.78. The molecule has 0 saturated carbocycles. The Morgan fingerprint density at radius 2 is 2.09 bits per heavy atom. The van der Waals surface area contributed by atoms with E-state index in [0.717, 1.165) is 0 Å². The SMILES string of the molecule is NN=C(I)N=CC=N/C=C\I. The van der Waals surface area contributed by atoms with Gasteiger partial charge in [0.05, 0.1) is 0 Å². The van der Waals surface area contributed by atoms with Crippen LogP contribution in [0.3, 0.4) is 0 Å². The summed E-state index contributed by atoms with van der Waals surface area (Å²) >= 11 is 3.99. The summed E-state index contributed by atoms with van der Waals surface area (Å²) < 4.78 is 2.29. The summed E-state index contributed by atoms with van der Waals surface area (Å²) in [6.45, 7) is 0. The van der Waals surface area contributed by atoms with E-state index < -0.39 is 0 Å². The van der Waals surface area contributed by atoms with Gasteiger partial charge in [0.1, 0.15) is 0 Å². The summed E-state index contributed by atoms with van der Waals surface area (Å²) in [5, 5.41) is 3.33. The highest BCUT2D eigenvalue weighted by atomic mass is 127. The Morgan fingerprint density at radius 3 is 2.64 bits per heavy atom. The number of rotatable bonds is 2. The number of nitrogens with zero attached hydrogens (tertiary/aromatic N) is 3. The van der Waals surface area contributed by atoms with Crippen LogP contribution in [0.2, 0.25) is 0 Å². The van der Waals surface area contributed by atoms with Crippen molar-refractivity contribution < 1.29 is 0 Å². The fourth-order valence-corrected chi connectivity index (χ4v) is 0.595. The van der Waals surface area contributed by atoms with Crippen molar-refractivity contribution >= 4 is 61.5 Å². The van der Waals surface area contributed by atoms with Crippen molar-refractivity contribution in [1.82, 2.24) is 0 Å². The molecule has 0 atom stereocenters. The van der Waals surface area contributed by atoms with E-state index in [1.807, 2.05) is 22.6 Å². The second kappa shape index (κ2) is 8.11. The predicted octanol–water partition coefficient (Wildman–Crippen LogP) is 1.70. The largest absolute Gasteiger partial charge is 0.321 e. The fourth-order valence-electron chi connectivity index (χ4n) is 0.249. The van der Waals surface area contributed by atoms with Crippen LogP contribution in [0.25, 0.3) is 0 Å². The molecule has 0 aliphatic heterocycles. The van der Waals surface area contributed by atoms with Crippen LogP contribution < -0.4 is 5.84 Å². The van der Waals surface area contributed by atoms with Crippen LogP contribution in [0.4, 0.5) is 0 Å². The second-order valence-electron chi connectivity index (χ2n) is 1.25. The zero-order valence-corrected chi connectivity index (χ0v) is 9.80. The second-order valence-corrected chi connectivity index (χ2v) is 2.93. The quantitative estimate of drug-likeness (QED) is 0.196. The summed E-state index contributed by atoms with van der Waals surface area (Å²) in [4.78, 5) is 7.65. The molecule has 6 heteroatoms. The molecule has 2 N–H and O–H groups in total. The average Bonchev–Trinajstić information content (AvgIpc) is 2.04. The fraction of sp³-hybridized carbons (Fsp3) is 0. The number of aliphatic imine (C=N–C) groups is 2. The topological polar surface area (TPSA) is 63.1 Å². The minimum Gasteiger partial charge on any atom is -0.321 e. The molecule has 0 spiro atoms. The molecule has 0 aromatic heterocycles. The smallest absolute Gasteiger partial charge is 0.209 e. The molecular weight excluding hydrogens is 370 g/mol. The van der Waals surface area contributed by atoms with E-state index in [-0.39, 0.29) is 0 Å². The van der Waals surface area contributed by atoms with Gasteiger partial charge in [-0.25, -0.2) is 4.99 Å². The van der Waals surface area contributed by atoms with Crippen molar-refractivity contribution in [3.05, 3.63) is 10.3 Å². The maximum absolute atomic E-state index is 4.92. The molecule has 11 heavy (non-hydrogen) atoms. The third kappa shape index (κ3) is 7.91. The average molecular weight is 376 g/mol. The summed E-state index contributed by atoms with van der Waals surface area (Å²) in [6.07, 6.45) is 4.73. The van der Waals surface area contributed by atoms with Gasteiger partial charge >= 0.3 is 0 Å². The lowest BCUT2D eigenvalue weighted by molar-refractivity contribution is 1.25. The van der Waals surface area contributed by atoms with Crippen molar-refractivity contribution in [2.45, 2.75) is 0 Å². The van der Waals surface area contributed by atoms with E-state index in [9.17, 15) is 0 Å². The van der Waals surface area contributed by atoms with Crippen molar-refractivity contribution in [3.63, 3.8) is 0 Å². The molecule has 0 unspecified atom stereocenters. The van der Waals surface area contributed by atoms with E-state index in [4.69, 9.17) is 5.84 Å². The van der Waals surface area contributed by atoms with Crippen molar-refractivity contribution in [3.8, 4) is 0 Å². The first-order valence-corrected chi connectivity index (χ1v) is 4.88. The van der Waals surface area contributed by atoms with Crippen LogP contribution in [0.15, 0.2) is 25.4 Å². The minimum atomic E-state index is 0.493. The molecule has 0 aliphatic rings. The number of hydrogen-bond acceptors (Lipinski definition) is 3. The molecule has 4 nitrogen and oxygen atoms in total. The number of hydrogen-bond donors (Lipinski definition) is 1. The van der Waals surface area contributed by atoms with E-state index in [1.165, 1.54) is 6.21 Å². The van der Waals surface area contributed by atoms with Gasteiger partial charge in [0.25, 0.3) is 0 Å². The van der Waals surface area contributed by atoms with Gasteiger partial charge in [-0.1, -0.05) is 22.6 Å². The first kappa shape index (κ1) is 11.0. The molecule has 0 amide bonds. The van der Waals surface area contributed by atoms with Crippen molar-refractivity contribution in [2.75, 3.05) is 0 Å². The third-order valence-electron chi connectivity index (χ3n) is 0.583. The van der Waals surface area contributed by atoms with E-state index in [1.54, 1.807) is 16.5 Å². The molecule has 0 fully saturated rings. The Balaban J connectivity index is 3.77. The molecule has 0 rings (SSSR count). The molecular formula is C5H6I2N4. The van der Waals surface area contributed by atoms with Crippen LogP contribution in [0.5, 0.6) is 0 Å². The Morgan fingerprint density at radius 1 is 1.36 bits per heavy atom. The van der Waals surface area contributed by atoms with Crippen LogP contribution >= 0.6 is 45.2 Å². The number of halogens is 2. The molecule has 0 aromatic rings. The Labute approximate surface area is 92.0 Å². The van der Waals surface area contributed by atoms with Crippen molar-refractivity contribution in [1.29, 1.82) is 0 Å². The lowest BCUT2D eigenvalue weighted by Crippen LogP contribution is -1.88. The monoisotopic (exact) mass is 376 g/mol. The molecule has 0 saturated heterocycles. The van der Waals surface area contributed by atoms with Gasteiger partial charge in [-0.05, 0) is 4.08 Å². The van der Waals surface area contributed by atoms with Gasteiger partial charge in [-0.3, -0.25) is 4.99 Å². The van der Waals surface area contributed by atoms with Gasteiger partial charge in [-0.15, -0.1) is 0 Å². The Hall–Kier alpha value is 0.01000. The zero-order chi connectivity index (χ0) is 8.53. The summed E-state index contributed by atoms with van der Waals surface area (Å²) in [6, 6.07) is 0. The van der Waals surface area contributed by atoms with Crippen LogP contribution in [-0.2, 0) is 0 Å². The van der Waals surface area contributed by atoms with Gasteiger partial charge in [0.15, 0.2) is 0 Å². The van der Waals surface area contributed by atoms with Gasteiger partial charge in [0, 0.05) is 41.2 Å². The standard InChI is InChI=1S/C5H6I2N4/c6-1-2-9-3-4-10-5(7)11-8/h1-4H,8H2/b2-1-,9-3?,10-4?,11-5?. The Bertz CT molecular complexity index is 207. The van der Waals surface area contributed by atoms with E-state index >= 15 is 0 Å². The lowest BCUT2D eigenvalue weighted by Gasteiger charge is -1.79. The van der Waals surface area contributed by atoms with Gasteiger partial charge in [-0.2, -0.15) is 5.10 Å². The van der Waals surface area contributed by atoms with Crippen LogP contribution in [-0.4, -0.2) is 16.3 Å². The van der Waals surface area contributed by atoms with Crippen molar-refractivity contribution in [2.24, 2.45) is 20.9 Å². The van der Waals surface area contributed by atoms with Gasteiger partial charge in [0.2, 0.25) is 3.84 Å². The highest BCUT2D eigenvalue weighted by Crippen LogP contribution is 1.87. The third-order valence-corrected chi connectivity index (χ3v) is 1.46.